The first-order valence-corrected chi connectivity index (χ1v) is 6.20. The fourth-order valence-corrected chi connectivity index (χ4v) is 1.56. The van der Waals surface area contributed by atoms with Crippen LogP contribution < -0.4 is 10.2 Å². The largest absolute Gasteiger partial charge is 0.480 e. The van der Waals surface area contributed by atoms with Crippen LogP contribution in [0.3, 0.4) is 0 Å². The lowest BCUT2D eigenvalue weighted by Crippen LogP contribution is -2.17. The maximum Gasteiger partial charge on any atom is 0.272 e. The molecule has 104 valence electrons. The van der Waals surface area contributed by atoms with E-state index in [1.54, 1.807) is 24.4 Å². The minimum Gasteiger partial charge on any atom is -0.480 e. The highest BCUT2D eigenvalue weighted by molar-refractivity contribution is 5.94. The lowest BCUT2D eigenvalue weighted by Gasteiger charge is -2.05. The van der Waals surface area contributed by atoms with Gasteiger partial charge in [0.25, 0.3) is 5.91 Å². The summed E-state index contributed by atoms with van der Waals surface area (Å²) in [6, 6.07) is 10.6. The first-order chi connectivity index (χ1) is 10.3. The van der Waals surface area contributed by atoms with Gasteiger partial charge < -0.3 is 4.74 Å². The van der Waals surface area contributed by atoms with Crippen LogP contribution in [0.5, 0.6) is 5.75 Å². The number of hydrazone groups is 1. The molecule has 5 nitrogen and oxygen atoms in total. The lowest BCUT2D eigenvalue weighted by atomic mass is 10.2. The number of aromatic nitrogens is 1. The van der Waals surface area contributed by atoms with Crippen LogP contribution in [0.15, 0.2) is 53.9 Å². The number of hydrogen-bond acceptors (Lipinski definition) is 4. The molecule has 0 saturated heterocycles. The minimum atomic E-state index is -0.332. The Morgan fingerprint density at radius 2 is 2.24 bits per heavy atom. The molecule has 1 N–H and O–H groups in total. The molecule has 2 rings (SSSR count). The van der Waals surface area contributed by atoms with E-state index in [9.17, 15) is 4.79 Å². The fraction of sp³-hybridized carbons (Fsp3) is 0.0625. The summed E-state index contributed by atoms with van der Waals surface area (Å²) in [7, 11) is 0. The van der Waals surface area contributed by atoms with E-state index in [1.165, 1.54) is 12.4 Å². The number of carbonyl (C=O) groups excluding carboxylic acids is 1. The van der Waals surface area contributed by atoms with Crippen molar-refractivity contribution in [2.75, 3.05) is 6.61 Å². The zero-order chi connectivity index (χ0) is 14.9. The number of terminal acetylenes is 1. The number of nitrogens with one attached hydrogen (secondary N) is 1. The second-order valence-corrected chi connectivity index (χ2v) is 3.97. The number of rotatable bonds is 5. The average Bonchev–Trinajstić information content (AvgIpc) is 2.54. The molecule has 21 heavy (non-hydrogen) atoms. The van der Waals surface area contributed by atoms with Crippen molar-refractivity contribution in [1.82, 2.24) is 10.4 Å². The van der Waals surface area contributed by atoms with Crippen molar-refractivity contribution in [3.63, 3.8) is 0 Å². The number of amides is 1. The molecule has 2 aromatic rings. The predicted molar refractivity (Wildman–Crippen MR) is 80.1 cm³/mol. The molecule has 0 unspecified atom stereocenters. The highest BCUT2D eigenvalue weighted by Crippen LogP contribution is 2.15. The molecule has 1 amide bonds. The number of ether oxygens (including phenoxy) is 1. The van der Waals surface area contributed by atoms with Gasteiger partial charge in [0.1, 0.15) is 12.4 Å². The van der Waals surface area contributed by atoms with Crippen molar-refractivity contribution in [2.24, 2.45) is 5.10 Å². The second-order valence-electron chi connectivity index (χ2n) is 3.97. The molecule has 1 aromatic heterocycles. The van der Waals surface area contributed by atoms with Crippen molar-refractivity contribution >= 4 is 12.1 Å². The maximum atomic E-state index is 11.8. The topological polar surface area (TPSA) is 63.6 Å². The third kappa shape index (κ3) is 4.18. The van der Waals surface area contributed by atoms with E-state index in [-0.39, 0.29) is 12.5 Å². The molecular weight excluding hydrogens is 266 g/mol. The zero-order valence-electron chi connectivity index (χ0n) is 11.2. The van der Waals surface area contributed by atoms with Gasteiger partial charge in [0, 0.05) is 18.0 Å². The molecule has 0 fully saturated rings. The van der Waals surface area contributed by atoms with Gasteiger partial charge in [-0.15, -0.1) is 6.42 Å². The van der Waals surface area contributed by atoms with Gasteiger partial charge in [-0.05, 0) is 24.3 Å². The Balaban J connectivity index is 2.02. The first kappa shape index (κ1) is 14.3. The fourth-order valence-electron chi connectivity index (χ4n) is 1.56. The molecule has 0 bridgehead atoms. The van der Waals surface area contributed by atoms with Crippen molar-refractivity contribution in [3.8, 4) is 18.1 Å². The Bertz CT molecular complexity index is 675. The molecule has 1 heterocycles. The van der Waals surface area contributed by atoms with E-state index >= 15 is 0 Å². The number of pyridine rings is 1. The monoisotopic (exact) mass is 279 g/mol. The Labute approximate surface area is 122 Å². The van der Waals surface area contributed by atoms with Crippen molar-refractivity contribution in [2.45, 2.75) is 0 Å². The highest BCUT2D eigenvalue weighted by atomic mass is 16.5. The summed E-state index contributed by atoms with van der Waals surface area (Å²) in [5.41, 5.74) is 3.58. The van der Waals surface area contributed by atoms with Gasteiger partial charge in [0.2, 0.25) is 0 Å². The second kappa shape index (κ2) is 7.46. The Morgan fingerprint density at radius 1 is 1.38 bits per heavy atom. The van der Waals surface area contributed by atoms with Crippen LogP contribution in [0.25, 0.3) is 0 Å². The van der Waals surface area contributed by atoms with Crippen LogP contribution in [0.2, 0.25) is 0 Å². The van der Waals surface area contributed by atoms with Gasteiger partial charge in [-0.3, -0.25) is 9.78 Å². The van der Waals surface area contributed by atoms with Crippen LogP contribution in [0.4, 0.5) is 0 Å². The van der Waals surface area contributed by atoms with E-state index in [0.29, 0.717) is 11.3 Å². The molecule has 5 heteroatoms. The Kier molecular flexibility index (Phi) is 5.07. The van der Waals surface area contributed by atoms with Crippen LogP contribution in [-0.4, -0.2) is 23.7 Å². The van der Waals surface area contributed by atoms with Gasteiger partial charge in [0.05, 0.1) is 11.8 Å². The molecule has 0 atom stereocenters. The van der Waals surface area contributed by atoms with Crippen molar-refractivity contribution in [1.29, 1.82) is 0 Å². The summed E-state index contributed by atoms with van der Waals surface area (Å²) >= 11 is 0. The highest BCUT2D eigenvalue weighted by Gasteiger charge is 2.03. The van der Waals surface area contributed by atoms with Gasteiger partial charge in [-0.25, -0.2) is 5.43 Å². The maximum absolute atomic E-state index is 11.8. The average molecular weight is 279 g/mol. The summed E-state index contributed by atoms with van der Waals surface area (Å²) in [4.78, 5) is 15.6. The molecule has 0 aliphatic heterocycles. The van der Waals surface area contributed by atoms with Gasteiger partial charge in [0.15, 0.2) is 0 Å². The van der Waals surface area contributed by atoms with E-state index in [2.05, 4.69) is 21.4 Å². The van der Waals surface area contributed by atoms with Crippen molar-refractivity contribution in [3.05, 3.63) is 59.9 Å². The SMILES string of the molecule is C#CCOc1ccccc1/C=N\NC(=O)c1cccnc1. The Hall–Kier alpha value is -3.13. The number of hydrogen-bond donors (Lipinski definition) is 1. The number of para-hydroxylation sites is 1. The van der Waals surface area contributed by atoms with E-state index < -0.39 is 0 Å². The molecule has 0 aliphatic rings. The minimum absolute atomic E-state index is 0.174. The Morgan fingerprint density at radius 3 is 3.00 bits per heavy atom. The third-order valence-electron chi connectivity index (χ3n) is 2.52. The van der Waals surface area contributed by atoms with E-state index in [1.807, 2.05) is 18.2 Å². The molecule has 1 aromatic carbocycles. The van der Waals surface area contributed by atoms with E-state index in [0.717, 1.165) is 5.56 Å². The summed E-state index contributed by atoms with van der Waals surface area (Å²) in [5, 5.41) is 3.90. The lowest BCUT2D eigenvalue weighted by molar-refractivity contribution is 0.0955. The van der Waals surface area contributed by atoms with Crippen LogP contribution in [0, 0.1) is 12.3 Å². The van der Waals surface area contributed by atoms with Gasteiger partial charge in [-0.1, -0.05) is 18.1 Å². The summed E-state index contributed by atoms with van der Waals surface area (Å²) in [6.07, 6.45) is 9.72. The predicted octanol–water partition coefficient (Wildman–Crippen LogP) is 1.86. The summed E-state index contributed by atoms with van der Waals surface area (Å²) in [6.45, 7) is 0.174. The number of carbonyl (C=O) groups is 1. The molecule has 0 saturated carbocycles. The molecule has 0 aliphatic carbocycles. The molecule has 0 radical (unpaired) electrons. The normalized spacial score (nSPS) is 10.0. The molecular formula is C16H13N3O2. The zero-order valence-corrected chi connectivity index (χ0v) is 11.2. The van der Waals surface area contributed by atoms with Crippen LogP contribution in [0.1, 0.15) is 15.9 Å². The standard InChI is InChI=1S/C16H13N3O2/c1-2-10-21-15-8-4-3-6-13(15)12-18-19-16(20)14-7-5-9-17-11-14/h1,3-9,11-12H,10H2,(H,19,20)/b18-12-. The van der Waals surface area contributed by atoms with Crippen molar-refractivity contribution < 1.29 is 9.53 Å². The molecule has 0 spiro atoms. The number of benzene rings is 1. The quantitative estimate of drug-likeness (QED) is 0.516. The summed E-state index contributed by atoms with van der Waals surface area (Å²) in [5.74, 6) is 2.67. The first-order valence-electron chi connectivity index (χ1n) is 6.20. The third-order valence-corrected chi connectivity index (χ3v) is 2.52. The van der Waals surface area contributed by atoms with Gasteiger partial charge >= 0.3 is 0 Å². The smallest absolute Gasteiger partial charge is 0.272 e. The summed E-state index contributed by atoms with van der Waals surface area (Å²) < 4.78 is 5.38. The van der Waals surface area contributed by atoms with Crippen LogP contribution >= 0.6 is 0 Å². The van der Waals surface area contributed by atoms with Crippen LogP contribution in [-0.2, 0) is 0 Å². The van der Waals surface area contributed by atoms with E-state index in [4.69, 9.17) is 11.2 Å². The van der Waals surface area contributed by atoms with Gasteiger partial charge in [-0.2, -0.15) is 5.10 Å². The number of nitrogens with zero attached hydrogens (tertiary/aromatic N) is 2.